The molecule has 0 saturated heterocycles. The van der Waals surface area contributed by atoms with Crippen LogP contribution < -0.4 is 4.74 Å². The summed E-state index contributed by atoms with van der Waals surface area (Å²) < 4.78 is 5.84. The lowest BCUT2D eigenvalue weighted by molar-refractivity contribution is 0.448. The van der Waals surface area contributed by atoms with Crippen LogP contribution in [0.4, 0.5) is 0 Å². The summed E-state index contributed by atoms with van der Waals surface area (Å²) in [4.78, 5) is 0. The van der Waals surface area contributed by atoms with Crippen molar-refractivity contribution >= 4 is 10.8 Å². The summed E-state index contributed by atoms with van der Waals surface area (Å²) in [5.74, 6) is 1.70. The second-order valence-corrected chi connectivity index (χ2v) is 4.51. The third-order valence-corrected chi connectivity index (χ3v) is 3.20. The van der Waals surface area contributed by atoms with Crippen LogP contribution in [0, 0.1) is 6.92 Å². The third-order valence-electron chi connectivity index (χ3n) is 3.20. The van der Waals surface area contributed by atoms with E-state index in [0.29, 0.717) is 5.75 Å². The SMILES string of the molecule is Cc1c(O)cccc1Oc1ccc2ccccc2c1. The van der Waals surface area contributed by atoms with Crippen molar-refractivity contribution in [1.29, 1.82) is 0 Å². The number of fused-ring (bicyclic) bond motifs is 1. The van der Waals surface area contributed by atoms with E-state index in [-0.39, 0.29) is 5.75 Å². The van der Waals surface area contributed by atoms with Crippen molar-refractivity contribution in [3.05, 3.63) is 66.2 Å². The third kappa shape index (κ3) is 2.25. The molecule has 1 N–H and O–H groups in total. The van der Waals surface area contributed by atoms with Crippen molar-refractivity contribution < 1.29 is 9.84 Å². The van der Waals surface area contributed by atoms with Crippen LogP contribution in [0.15, 0.2) is 60.7 Å². The molecule has 19 heavy (non-hydrogen) atoms. The van der Waals surface area contributed by atoms with Gasteiger partial charge in [-0.3, -0.25) is 0 Å². The molecule has 0 unspecified atom stereocenters. The van der Waals surface area contributed by atoms with Crippen LogP contribution in [0.25, 0.3) is 10.8 Å². The number of hydrogen-bond acceptors (Lipinski definition) is 2. The first-order valence-electron chi connectivity index (χ1n) is 6.19. The Morgan fingerprint density at radius 2 is 1.63 bits per heavy atom. The first-order chi connectivity index (χ1) is 9.24. The van der Waals surface area contributed by atoms with Crippen molar-refractivity contribution in [2.24, 2.45) is 0 Å². The number of benzene rings is 3. The zero-order chi connectivity index (χ0) is 13.2. The molecule has 0 heterocycles. The molecule has 0 aliphatic carbocycles. The van der Waals surface area contributed by atoms with E-state index in [1.54, 1.807) is 12.1 Å². The van der Waals surface area contributed by atoms with Crippen molar-refractivity contribution in [3.8, 4) is 17.2 Å². The molecule has 0 spiro atoms. The topological polar surface area (TPSA) is 29.5 Å². The Hall–Kier alpha value is -2.48. The van der Waals surface area contributed by atoms with Gasteiger partial charge in [0.05, 0.1) is 0 Å². The maximum atomic E-state index is 9.67. The Morgan fingerprint density at radius 3 is 2.47 bits per heavy atom. The summed E-state index contributed by atoms with van der Waals surface area (Å²) in [7, 11) is 0. The molecular weight excluding hydrogens is 236 g/mol. The van der Waals surface area contributed by atoms with Crippen LogP contribution in [0.5, 0.6) is 17.2 Å². The van der Waals surface area contributed by atoms with Gasteiger partial charge in [0, 0.05) is 5.56 Å². The fraction of sp³-hybridized carbons (Fsp3) is 0.0588. The lowest BCUT2D eigenvalue weighted by Crippen LogP contribution is -1.87. The molecule has 0 amide bonds. The van der Waals surface area contributed by atoms with E-state index in [1.807, 2.05) is 43.3 Å². The molecule has 2 heteroatoms. The Morgan fingerprint density at radius 1 is 0.842 bits per heavy atom. The van der Waals surface area contributed by atoms with Crippen molar-refractivity contribution in [2.45, 2.75) is 6.92 Å². The van der Waals surface area contributed by atoms with E-state index in [2.05, 4.69) is 12.1 Å². The summed E-state index contributed by atoms with van der Waals surface area (Å²) in [6.07, 6.45) is 0. The quantitative estimate of drug-likeness (QED) is 0.717. The molecule has 0 aliphatic heterocycles. The van der Waals surface area contributed by atoms with Crippen LogP contribution >= 0.6 is 0 Å². The van der Waals surface area contributed by atoms with Gasteiger partial charge < -0.3 is 9.84 Å². The fourth-order valence-electron chi connectivity index (χ4n) is 2.07. The molecule has 0 fully saturated rings. The minimum absolute atomic E-state index is 0.248. The van der Waals surface area contributed by atoms with Gasteiger partial charge in [0.25, 0.3) is 0 Å². The first kappa shape index (κ1) is 11.6. The second-order valence-electron chi connectivity index (χ2n) is 4.51. The van der Waals surface area contributed by atoms with E-state index in [4.69, 9.17) is 4.74 Å². The Bertz CT molecular complexity index is 732. The lowest BCUT2D eigenvalue weighted by atomic mass is 10.1. The van der Waals surface area contributed by atoms with Crippen LogP contribution in [0.1, 0.15) is 5.56 Å². The summed E-state index contributed by atoms with van der Waals surface area (Å²) in [6, 6.07) is 19.4. The minimum Gasteiger partial charge on any atom is -0.508 e. The second kappa shape index (κ2) is 4.65. The van der Waals surface area contributed by atoms with Gasteiger partial charge in [-0.05, 0) is 42.0 Å². The van der Waals surface area contributed by atoms with Gasteiger partial charge in [-0.1, -0.05) is 36.4 Å². The smallest absolute Gasteiger partial charge is 0.134 e. The van der Waals surface area contributed by atoms with Crippen LogP contribution in [0.3, 0.4) is 0 Å². The standard InChI is InChI=1S/C17H14O2/c1-12-16(18)7-4-8-17(12)19-15-10-9-13-5-2-3-6-14(13)11-15/h2-11,18H,1H3. The Labute approximate surface area is 111 Å². The largest absolute Gasteiger partial charge is 0.508 e. The fourth-order valence-corrected chi connectivity index (χ4v) is 2.07. The molecule has 94 valence electrons. The van der Waals surface area contributed by atoms with Gasteiger partial charge in [-0.25, -0.2) is 0 Å². The van der Waals surface area contributed by atoms with E-state index < -0.39 is 0 Å². The van der Waals surface area contributed by atoms with Gasteiger partial charge in [-0.15, -0.1) is 0 Å². The molecule has 0 aromatic heterocycles. The van der Waals surface area contributed by atoms with Gasteiger partial charge in [0.2, 0.25) is 0 Å². The summed E-state index contributed by atoms with van der Waals surface area (Å²) >= 11 is 0. The van der Waals surface area contributed by atoms with Gasteiger partial charge >= 0.3 is 0 Å². The van der Waals surface area contributed by atoms with E-state index >= 15 is 0 Å². The van der Waals surface area contributed by atoms with E-state index in [0.717, 1.165) is 16.7 Å². The zero-order valence-electron chi connectivity index (χ0n) is 10.6. The molecule has 0 saturated carbocycles. The van der Waals surface area contributed by atoms with E-state index in [9.17, 15) is 5.11 Å². The summed E-state index contributed by atoms with van der Waals surface area (Å²) in [6.45, 7) is 1.84. The highest BCUT2D eigenvalue weighted by molar-refractivity contribution is 5.83. The van der Waals surface area contributed by atoms with Crippen LogP contribution in [-0.4, -0.2) is 5.11 Å². The highest BCUT2D eigenvalue weighted by Crippen LogP contribution is 2.31. The zero-order valence-corrected chi connectivity index (χ0v) is 10.6. The Kier molecular flexibility index (Phi) is 2.84. The molecule has 3 aromatic rings. The van der Waals surface area contributed by atoms with Crippen LogP contribution in [0.2, 0.25) is 0 Å². The van der Waals surface area contributed by atoms with Gasteiger partial charge in [0.15, 0.2) is 0 Å². The first-order valence-corrected chi connectivity index (χ1v) is 6.19. The highest BCUT2D eigenvalue weighted by atomic mass is 16.5. The highest BCUT2D eigenvalue weighted by Gasteiger charge is 2.05. The maximum Gasteiger partial charge on any atom is 0.134 e. The molecule has 3 rings (SSSR count). The molecule has 0 atom stereocenters. The Balaban J connectivity index is 1.99. The molecule has 2 nitrogen and oxygen atoms in total. The van der Waals surface area contributed by atoms with Crippen molar-refractivity contribution in [2.75, 3.05) is 0 Å². The number of aromatic hydroxyl groups is 1. The van der Waals surface area contributed by atoms with Crippen molar-refractivity contribution in [3.63, 3.8) is 0 Å². The normalized spacial score (nSPS) is 10.6. The summed E-state index contributed by atoms with van der Waals surface area (Å²) in [5.41, 5.74) is 0.746. The monoisotopic (exact) mass is 250 g/mol. The van der Waals surface area contributed by atoms with Crippen molar-refractivity contribution in [1.82, 2.24) is 0 Å². The minimum atomic E-state index is 0.248. The molecular formula is C17H14O2. The maximum absolute atomic E-state index is 9.67. The predicted molar refractivity (Wildman–Crippen MR) is 76.9 cm³/mol. The van der Waals surface area contributed by atoms with Gasteiger partial charge in [0.1, 0.15) is 17.2 Å². The number of rotatable bonds is 2. The molecule has 3 aromatic carbocycles. The van der Waals surface area contributed by atoms with E-state index in [1.165, 1.54) is 5.39 Å². The molecule has 0 aliphatic rings. The average molecular weight is 250 g/mol. The number of ether oxygens (including phenoxy) is 1. The lowest BCUT2D eigenvalue weighted by Gasteiger charge is -2.10. The average Bonchev–Trinajstić information content (AvgIpc) is 2.44. The number of hydrogen-bond donors (Lipinski definition) is 1. The summed E-state index contributed by atoms with van der Waals surface area (Å²) in [5, 5.41) is 12.0. The number of phenols is 1. The van der Waals surface area contributed by atoms with Crippen LogP contribution in [-0.2, 0) is 0 Å². The molecule has 0 bridgehead atoms. The molecule has 0 radical (unpaired) electrons. The van der Waals surface area contributed by atoms with Gasteiger partial charge in [-0.2, -0.15) is 0 Å². The predicted octanol–water partition coefficient (Wildman–Crippen LogP) is 4.65. The number of phenolic OH excluding ortho intramolecular Hbond substituents is 1.